The van der Waals surface area contributed by atoms with Crippen LogP contribution in [-0.2, 0) is 14.3 Å². The molecule has 2 aliphatic carbocycles. The molecule has 1 heterocycles. The normalized spacial score (nSPS) is 46.4. The van der Waals surface area contributed by atoms with Gasteiger partial charge in [-0.3, -0.25) is 9.59 Å². The van der Waals surface area contributed by atoms with Crippen LogP contribution in [0.4, 0.5) is 0 Å². The Balaban J connectivity index is 2.20. The standard InChI is InChI=1S/C10H10O3/c1-10-6-3-2-5(4-6)7(10)8(11)13-9(10)12/h3,5,7H,2,4H2,1H3. The number of fused-ring (bicyclic) bond motifs is 5. The number of hydrogen-bond donors (Lipinski definition) is 0. The van der Waals surface area contributed by atoms with Crippen molar-refractivity contribution in [1.29, 1.82) is 0 Å². The summed E-state index contributed by atoms with van der Waals surface area (Å²) in [5.74, 6) is -0.490. The lowest BCUT2D eigenvalue weighted by atomic mass is 9.73. The zero-order chi connectivity index (χ0) is 9.22. The number of ether oxygens (including phenoxy) is 1. The molecule has 1 saturated heterocycles. The molecule has 3 rings (SSSR count). The molecule has 0 amide bonds. The largest absolute Gasteiger partial charge is 0.392 e. The Morgan fingerprint density at radius 2 is 2.31 bits per heavy atom. The molecule has 0 aromatic rings. The van der Waals surface area contributed by atoms with Crippen LogP contribution in [0.1, 0.15) is 19.8 Å². The SMILES string of the molecule is CC12C(=O)OC(=O)C1C1CC=C2C1. The summed E-state index contributed by atoms with van der Waals surface area (Å²) < 4.78 is 4.69. The third-order valence-electron chi connectivity index (χ3n) is 3.78. The quantitative estimate of drug-likeness (QED) is 0.316. The van der Waals surface area contributed by atoms with Gasteiger partial charge in [-0.1, -0.05) is 11.6 Å². The maximum Gasteiger partial charge on any atom is 0.324 e. The molecular weight excluding hydrogens is 168 g/mol. The van der Waals surface area contributed by atoms with Crippen molar-refractivity contribution in [3.05, 3.63) is 11.6 Å². The third-order valence-corrected chi connectivity index (χ3v) is 3.78. The maximum absolute atomic E-state index is 11.5. The molecule has 2 bridgehead atoms. The summed E-state index contributed by atoms with van der Waals surface area (Å²) in [5.41, 5.74) is 0.526. The molecule has 1 saturated carbocycles. The number of carbonyl (C=O) groups excluding carboxylic acids is 2. The van der Waals surface area contributed by atoms with Crippen molar-refractivity contribution in [2.75, 3.05) is 0 Å². The highest BCUT2D eigenvalue weighted by atomic mass is 16.6. The van der Waals surface area contributed by atoms with E-state index in [9.17, 15) is 9.59 Å². The van der Waals surface area contributed by atoms with E-state index in [4.69, 9.17) is 4.74 Å². The number of allylic oxidation sites excluding steroid dienone is 1. The van der Waals surface area contributed by atoms with Crippen molar-refractivity contribution in [3.63, 3.8) is 0 Å². The summed E-state index contributed by atoms with van der Waals surface area (Å²) in [5, 5.41) is 0. The molecule has 1 aliphatic heterocycles. The van der Waals surface area contributed by atoms with Crippen LogP contribution in [0.25, 0.3) is 0 Å². The smallest absolute Gasteiger partial charge is 0.324 e. The van der Waals surface area contributed by atoms with Crippen LogP contribution in [0.15, 0.2) is 11.6 Å². The van der Waals surface area contributed by atoms with Gasteiger partial charge in [-0.05, 0) is 25.7 Å². The van der Waals surface area contributed by atoms with E-state index in [0.717, 1.165) is 18.4 Å². The van der Waals surface area contributed by atoms with E-state index in [1.165, 1.54) is 0 Å². The Morgan fingerprint density at radius 1 is 1.54 bits per heavy atom. The van der Waals surface area contributed by atoms with Gasteiger partial charge in [0.2, 0.25) is 0 Å². The highest BCUT2D eigenvalue weighted by molar-refractivity contribution is 6.02. The van der Waals surface area contributed by atoms with E-state index < -0.39 is 5.41 Å². The van der Waals surface area contributed by atoms with Gasteiger partial charge in [-0.15, -0.1) is 0 Å². The second-order valence-corrected chi connectivity index (χ2v) is 4.32. The van der Waals surface area contributed by atoms with Crippen molar-refractivity contribution in [3.8, 4) is 0 Å². The molecule has 0 N–H and O–H groups in total. The van der Waals surface area contributed by atoms with E-state index in [2.05, 4.69) is 6.08 Å². The number of cyclic esters (lactones) is 2. The first-order valence-corrected chi connectivity index (χ1v) is 4.59. The summed E-state index contributed by atoms with van der Waals surface area (Å²) in [4.78, 5) is 22.9. The molecule has 68 valence electrons. The lowest BCUT2D eigenvalue weighted by Gasteiger charge is -2.23. The number of rotatable bonds is 0. The average molecular weight is 178 g/mol. The Morgan fingerprint density at radius 3 is 3.00 bits per heavy atom. The van der Waals surface area contributed by atoms with Crippen LogP contribution in [-0.4, -0.2) is 11.9 Å². The highest BCUT2D eigenvalue weighted by Gasteiger charge is 2.64. The highest BCUT2D eigenvalue weighted by Crippen LogP contribution is 2.59. The van der Waals surface area contributed by atoms with Crippen molar-refractivity contribution >= 4 is 11.9 Å². The van der Waals surface area contributed by atoms with Gasteiger partial charge in [0.05, 0.1) is 5.92 Å². The van der Waals surface area contributed by atoms with Crippen molar-refractivity contribution < 1.29 is 14.3 Å². The number of esters is 2. The molecule has 0 aromatic heterocycles. The Labute approximate surface area is 75.8 Å². The molecule has 3 nitrogen and oxygen atoms in total. The first-order chi connectivity index (χ1) is 6.14. The van der Waals surface area contributed by atoms with Gasteiger partial charge in [0.1, 0.15) is 5.41 Å². The number of hydrogen-bond acceptors (Lipinski definition) is 3. The van der Waals surface area contributed by atoms with Gasteiger partial charge in [0.25, 0.3) is 0 Å². The average Bonchev–Trinajstić information content (AvgIpc) is 2.66. The lowest BCUT2D eigenvalue weighted by Crippen LogP contribution is -2.31. The molecule has 3 unspecified atom stereocenters. The summed E-state index contributed by atoms with van der Waals surface area (Å²) in [6.45, 7) is 1.84. The molecule has 0 aromatic carbocycles. The second kappa shape index (κ2) is 1.86. The summed E-state index contributed by atoms with van der Waals surface area (Å²) in [6.07, 6.45) is 3.96. The van der Waals surface area contributed by atoms with Crippen LogP contribution in [0, 0.1) is 17.3 Å². The molecule has 3 heteroatoms. The molecule has 3 aliphatic rings. The summed E-state index contributed by atoms with van der Waals surface area (Å²) >= 11 is 0. The van der Waals surface area contributed by atoms with Crippen LogP contribution >= 0.6 is 0 Å². The molecule has 13 heavy (non-hydrogen) atoms. The first kappa shape index (κ1) is 7.30. The van der Waals surface area contributed by atoms with E-state index in [0.29, 0.717) is 5.92 Å². The minimum Gasteiger partial charge on any atom is -0.392 e. The van der Waals surface area contributed by atoms with E-state index >= 15 is 0 Å². The van der Waals surface area contributed by atoms with Gasteiger partial charge in [0, 0.05) is 0 Å². The molecule has 2 fully saturated rings. The minimum atomic E-state index is -0.597. The molecule has 3 atom stereocenters. The fourth-order valence-electron chi connectivity index (χ4n) is 3.04. The Kier molecular flexibility index (Phi) is 1.05. The zero-order valence-corrected chi connectivity index (χ0v) is 7.37. The third kappa shape index (κ3) is 0.598. The predicted octanol–water partition coefficient (Wildman–Crippen LogP) is 1.04. The van der Waals surface area contributed by atoms with E-state index in [-0.39, 0.29) is 17.9 Å². The van der Waals surface area contributed by atoms with Crippen LogP contribution in [0.5, 0.6) is 0 Å². The van der Waals surface area contributed by atoms with E-state index in [1.54, 1.807) is 0 Å². The monoisotopic (exact) mass is 178 g/mol. The lowest BCUT2D eigenvalue weighted by molar-refractivity contribution is -0.155. The van der Waals surface area contributed by atoms with Crippen molar-refractivity contribution in [1.82, 2.24) is 0 Å². The fraction of sp³-hybridized carbons (Fsp3) is 0.600. The van der Waals surface area contributed by atoms with Crippen LogP contribution < -0.4 is 0 Å². The number of carbonyl (C=O) groups is 2. The van der Waals surface area contributed by atoms with Gasteiger partial charge in [-0.2, -0.15) is 0 Å². The molecular formula is C10H10O3. The minimum absolute atomic E-state index is 0.181. The van der Waals surface area contributed by atoms with Crippen molar-refractivity contribution in [2.24, 2.45) is 17.3 Å². The van der Waals surface area contributed by atoms with E-state index in [1.807, 2.05) is 6.92 Å². The summed E-state index contributed by atoms with van der Waals surface area (Å²) in [7, 11) is 0. The van der Waals surface area contributed by atoms with Gasteiger partial charge in [-0.25, -0.2) is 0 Å². The van der Waals surface area contributed by atoms with Crippen LogP contribution in [0.3, 0.4) is 0 Å². The first-order valence-electron chi connectivity index (χ1n) is 4.59. The van der Waals surface area contributed by atoms with Gasteiger partial charge in [0.15, 0.2) is 0 Å². The fourth-order valence-corrected chi connectivity index (χ4v) is 3.04. The Hall–Kier alpha value is -1.12. The van der Waals surface area contributed by atoms with Gasteiger partial charge >= 0.3 is 11.9 Å². The zero-order valence-electron chi connectivity index (χ0n) is 7.37. The predicted molar refractivity (Wildman–Crippen MR) is 43.5 cm³/mol. The van der Waals surface area contributed by atoms with Crippen LogP contribution in [0.2, 0.25) is 0 Å². The topological polar surface area (TPSA) is 43.4 Å². The molecule has 0 spiro atoms. The Bertz CT molecular complexity index is 355. The maximum atomic E-state index is 11.5. The summed E-state index contributed by atoms with van der Waals surface area (Å²) in [6, 6.07) is 0. The van der Waals surface area contributed by atoms with Crippen molar-refractivity contribution in [2.45, 2.75) is 19.8 Å². The van der Waals surface area contributed by atoms with Gasteiger partial charge < -0.3 is 4.74 Å². The molecule has 0 radical (unpaired) electrons. The second-order valence-electron chi connectivity index (χ2n) is 4.32.